The summed E-state index contributed by atoms with van der Waals surface area (Å²) >= 11 is 0. The zero-order valence-corrected chi connectivity index (χ0v) is 22.5. The van der Waals surface area contributed by atoms with Crippen LogP contribution >= 0.6 is 0 Å². The molecule has 0 bridgehead atoms. The lowest BCUT2D eigenvalue weighted by molar-refractivity contribution is 0.0838. The molecule has 2 fully saturated rings. The van der Waals surface area contributed by atoms with Crippen LogP contribution in [0.15, 0.2) is 58.1 Å². The summed E-state index contributed by atoms with van der Waals surface area (Å²) < 4.78 is 11.9. The zero-order valence-electron chi connectivity index (χ0n) is 22.5. The molecule has 196 valence electrons. The number of aromatic nitrogens is 1. The van der Waals surface area contributed by atoms with Gasteiger partial charge in [-0.2, -0.15) is 0 Å². The number of hydrogen-bond acceptors (Lipinski definition) is 5. The highest BCUT2D eigenvalue weighted by molar-refractivity contribution is 5.98. The van der Waals surface area contributed by atoms with Crippen LogP contribution in [-0.2, 0) is 4.74 Å². The average Bonchev–Trinajstić information content (AvgIpc) is 3.70. The summed E-state index contributed by atoms with van der Waals surface area (Å²) in [5.74, 6) is 1.94. The Morgan fingerprint density at radius 2 is 1.97 bits per heavy atom. The van der Waals surface area contributed by atoms with E-state index in [-0.39, 0.29) is 17.8 Å². The van der Waals surface area contributed by atoms with E-state index >= 15 is 0 Å². The molecule has 37 heavy (non-hydrogen) atoms. The van der Waals surface area contributed by atoms with Gasteiger partial charge in [0, 0.05) is 41.6 Å². The lowest BCUT2D eigenvalue weighted by atomic mass is 9.76. The fraction of sp³-hybridized carbons (Fsp3) is 0.531. The Labute approximate surface area is 220 Å². The zero-order chi connectivity index (χ0) is 25.8. The van der Waals surface area contributed by atoms with Crippen LogP contribution in [0, 0.1) is 17.8 Å². The van der Waals surface area contributed by atoms with Crippen molar-refractivity contribution < 1.29 is 13.9 Å². The highest BCUT2D eigenvalue weighted by Crippen LogP contribution is 2.39. The molecule has 5 unspecified atom stereocenters. The van der Waals surface area contributed by atoms with Gasteiger partial charge in [-0.3, -0.25) is 14.8 Å². The summed E-state index contributed by atoms with van der Waals surface area (Å²) in [6.07, 6.45) is 10.6. The van der Waals surface area contributed by atoms with Gasteiger partial charge < -0.3 is 9.15 Å². The minimum Gasteiger partial charge on any atom is -0.454 e. The molecular formula is C32H40N2O3. The van der Waals surface area contributed by atoms with Gasteiger partial charge in [0.1, 0.15) is 11.3 Å². The number of rotatable bonds is 10. The Kier molecular flexibility index (Phi) is 8.19. The van der Waals surface area contributed by atoms with Crippen LogP contribution in [-0.4, -0.2) is 35.2 Å². The second kappa shape index (κ2) is 11.7. The number of ether oxygens (including phenoxy) is 1. The van der Waals surface area contributed by atoms with Gasteiger partial charge in [0.2, 0.25) is 0 Å². The molecule has 1 aliphatic heterocycles. The number of furan rings is 1. The maximum Gasteiger partial charge on any atom is 0.166 e. The van der Waals surface area contributed by atoms with Gasteiger partial charge in [0.05, 0.1) is 12.1 Å². The van der Waals surface area contributed by atoms with Crippen LogP contribution in [0.25, 0.3) is 22.4 Å². The number of nitrogens with zero attached hydrogens (tertiary/aromatic N) is 2. The molecule has 0 N–H and O–H groups in total. The molecule has 3 heterocycles. The molecule has 0 amide bonds. The molecule has 5 atom stereocenters. The summed E-state index contributed by atoms with van der Waals surface area (Å²) in [5, 5.41) is 0. The van der Waals surface area contributed by atoms with Gasteiger partial charge in [0.25, 0.3) is 0 Å². The van der Waals surface area contributed by atoms with Gasteiger partial charge in [-0.25, -0.2) is 0 Å². The van der Waals surface area contributed by atoms with Crippen molar-refractivity contribution in [1.82, 2.24) is 4.98 Å². The summed E-state index contributed by atoms with van der Waals surface area (Å²) in [5.41, 5.74) is 4.64. The molecule has 5 rings (SSSR count). The van der Waals surface area contributed by atoms with E-state index in [2.05, 4.69) is 25.8 Å². The van der Waals surface area contributed by atoms with Crippen molar-refractivity contribution in [3.05, 3.63) is 54.2 Å². The predicted octanol–water partition coefficient (Wildman–Crippen LogP) is 7.93. The SMILES string of the molecule is CCCC(=NC1CCC(C(C)C(CC)C(=O)c2ccc(-c3cc4ncccc4o3)cc2)C1)C1CCCO1. The molecule has 5 heteroatoms. The molecule has 2 aromatic heterocycles. The predicted molar refractivity (Wildman–Crippen MR) is 149 cm³/mol. The van der Waals surface area contributed by atoms with Crippen LogP contribution < -0.4 is 0 Å². The first-order chi connectivity index (χ1) is 18.1. The number of hydrogen-bond donors (Lipinski definition) is 0. The fourth-order valence-electron chi connectivity index (χ4n) is 6.38. The van der Waals surface area contributed by atoms with E-state index in [0.717, 1.165) is 86.0 Å². The highest BCUT2D eigenvalue weighted by atomic mass is 16.5. The molecule has 5 nitrogen and oxygen atoms in total. The monoisotopic (exact) mass is 500 g/mol. The Morgan fingerprint density at radius 1 is 1.14 bits per heavy atom. The van der Waals surface area contributed by atoms with Crippen LogP contribution in [0.1, 0.15) is 82.5 Å². The minimum atomic E-state index is 0.0299. The van der Waals surface area contributed by atoms with E-state index in [9.17, 15) is 4.79 Å². The maximum atomic E-state index is 13.6. The van der Waals surface area contributed by atoms with Crippen LogP contribution in [0.2, 0.25) is 0 Å². The van der Waals surface area contributed by atoms with Crippen LogP contribution in [0.5, 0.6) is 0 Å². The largest absolute Gasteiger partial charge is 0.454 e. The molecule has 2 aliphatic rings. The van der Waals surface area contributed by atoms with Gasteiger partial charge in [-0.15, -0.1) is 0 Å². The molecule has 1 saturated heterocycles. The normalized spacial score (nSPS) is 24.0. The van der Waals surface area contributed by atoms with Crippen LogP contribution in [0.4, 0.5) is 0 Å². The number of Topliss-reactive ketones (excluding diaryl/α,β-unsaturated/α-hetero) is 1. The number of carbonyl (C=O) groups is 1. The number of aliphatic imine (C=N–C) groups is 1. The topological polar surface area (TPSA) is 64.7 Å². The van der Waals surface area contributed by atoms with Crippen molar-refractivity contribution >= 4 is 22.6 Å². The Balaban J connectivity index is 1.24. The molecule has 0 spiro atoms. The molecule has 3 aromatic rings. The quantitative estimate of drug-likeness (QED) is 0.209. The van der Waals surface area contributed by atoms with Gasteiger partial charge in [-0.1, -0.05) is 51.5 Å². The third-order valence-electron chi connectivity index (χ3n) is 8.50. The average molecular weight is 501 g/mol. The van der Waals surface area contributed by atoms with Crippen molar-refractivity contribution in [1.29, 1.82) is 0 Å². The standard InChI is InChI=1S/C32H40N2O3/c1-4-8-27(29-10-7-18-36-29)34-25-16-15-24(19-25)21(3)26(5-2)32(35)23-13-11-22(12-14-23)31-20-28-30(37-31)9-6-17-33-28/h6,9,11-14,17,20-21,24-26,29H,4-5,7-8,10,15-16,18-19H2,1-3H3. The Bertz CT molecular complexity index is 1190. The van der Waals surface area contributed by atoms with Crippen molar-refractivity contribution in [2.24, 2.45) is 22.7 Å². The van der Waals surface area contributed by atoms with Crippen molar-refractivity contribution in [2.75, 3.05) is 6.61 Å². The number of fused-ring (bicyclic) bond motifs is 1. The highest BCUT2D eigenvalue weighted by Gasteiger charge is 2.35. The Morgan fingerprint density at radius 3 is 2.68 bits per heavy atom. The smallest absolute Gasteiger partial charge is 0.166 e. The van der Waals surface area contributed by atoms with Crippen molar-refractivity contribution in [3.8, 4) is 11.3 Å². The summed E-state index contributed by atoms with van der Waals surface area (Å²) in [7, 11) is 0. The van der Waals surface area contributed by atoms with Gasteiger partial charge in [0.15, 0.2) is 11.4 Å². The maximum absolute atomic E-state index is 13.6. The molecule has 0 radical (unpaired) electrons. The van der Waals surface area contributed by atoms with E-state index in [1.165, 1.54) is 5.71 Å². The summed E-state index contributed by atoms with van der Waals surface area (Å²) in [6.45, 7) is 7.53. The molecule has 1 saturated carbocycles. The van der Waals surface area contributed by atoms with E-state index in [1.54, 1.807) is 6.20 Å². The first-order valence-electron chi connectivity index (χ1n) is 14.2. The summed E-state index contributed by atoms with van der Waals surface area (Å²) in [6, 6.07) is 14.0. The third-order valence-corrected chi connectivity index (χ3v) is 8.50. The molecular weight excluding hydrogens is 460 g/mol. The van der Waals surface area contributed by atoms with Crippen LogP contribution in [0.3, 0.4) is 0 Å². The first kappa shape index (κ1) is 25.8. The van der Waals surface area contributed by atoms with E-state index in [4.69, 9.17) is 14.1 Å². The van der Waals surface area contributed by atoms with Crippen molar-refractivity contribution in [3.63, 3.8) is 0 Å². The minimum absolute atomic E-state index is 0.0299. The fourth-order valence-corrected chi connectivity index (χ4v) is 6.38. The van der Waals surface area contributed by atoms with E-state index < -0.39 is 0 Å². The van der Waals surface area contributed by atoms with Crippen molar-refractivity contribution in [2.45, 2.75) is 84.3 Å². The van der Waals surface area contributed by atoms with Gasteiger partial charge >= 0.3 is 0 Å². The number of pyridine rings is 1. The lowest BCUT2D eigenvalue weighted by Gasteiger charge is -2.27. The van der Waals surface area contributed by atoms with Gasteiger partial charge in [-0.05, 0) is 68.9 Å². The first-order valence-corrected chi connectivity index (χ1v) is 14.2. The number of ketones is 1. The molecule has 1 aliphatic carbocycles. The molecule has 1 aromatic carbocycles. The number of benzene rings is 1. The second-order valence-corrected chi connectivity index (χ2v) is 10.9. The Hall–Kier alpha value is -2.79. The lowest BCUT2D eigenvalue weighted by Crippen LogP contribution is -2.27. The second-order valence-electron chi connectivity index (χ2n) is 10.9. The van der Waals surface area contributed by atoms with E-state index in [1.807, 2.05) is 42.5 Å². The third kappa shape index (κ3) is 5.72. The summed E-state index contributed by atoms with van der Waals surface area (Å²) in [4.78, 5) is 23.2. The van der Waals surface area contributed by atoms with E-state index in [0.29, 0.717) is 17.9 Å². The number of carbonyl (C=O) groups excluding carboxylic acids is 1.